The van der Waals surface area contributed by atoms with E-state index in [0.717, 1.165) is 5.56 Å². The standard InChI is InChI=1S/C32H53N5O11/c1-6-33-32(42)48-21-25-7-9-26(10-8-25)36-30(40)24(4)35-31(41)29(23(2)3)37-27(38)11-13-44-15-17-46-19-20-47-18-16-45-14-12-34-28(39)22-43-5/h7-10,23-24,29H,6,11-22H2,1-5H3,(H,33,42)(H,34,39)(H,35,41)(H,36,40)(H,37,38)/t24-,29-/m0/s1. The fourth-order valence-corrected chi connectivity index (χ4v) is 3.80. The third-order valence-corrected chi connectivity index (χ3v) is 6.36. The molecule has 0 heterocycles. The van der Waals surface area contributed by atoms with E-state index in [-0.39, 0.29) is 44.0 Å². The SMILES string of the molecule is CCNC(=O)OCc1ccc(NC(=O)[C@H](C)NC(=O)[C@@H](NC(=O)CCOCCOCCOCCOCCNC(=O)COC)C(C)C)cc1. The van der Waals surface area contributed by atoms with E-state index >= 15 is 0 Å². The lowest BCUT2D eigenvalue weighted by Crippen LogP contribution is -2.53. The van der Waals surface area contributed by atoms with Crippen molar-refractivity contribution >= 4 is 35.4 Å². The number of alkyl carbamates (subject to hydrolysis) is 1. The first-order chi connectivity index (χ1) is 23.1. The highest BCUT2D eigenvalue weighted by atomic mass is 16.6. The lowest BCUT2D eigenvalue weighted by molar-refractivity contribution is -0.132. The van der Waals surface area contributed by atoms with Crippen molar-refractivity contribution in [1.29, 1.82) is 0 Å². The number of anilines is 1. The number of ether oxygens (including phenoxy) is 6. The summed E-state index contributed by atoms with van der Waals surface area (Å²) in [7, 11) is 1.45. The van der Waals surface area contributed by atoms with E-state index in [1.165, 1.54) is 7.11 Å². The van der Waals surface area contributed by atoms with E-state index < -0.39 is 30.0 Å². The van der Waals surface area contributed by atoms with Gasteiger partial charge in [0, 0.05) is 32.3 Å². The molecule has 16 heteroatoms. The summed E-state index contributed by atoms with van der Waals surface area (Å²) in [5, 5.41) is 13.3. The summed E-state index contributed by atoms with van der Waals surface area (Å²) in [6, 6.07) is 5.06. The van der Waals surface area contributed by atoms with Crippen molar-refractivity contribution in [1.82, 2.24) is 21.3 Å². The van der Waals surface area contributed by atoms with Crippen LogP contribution in [-0.4, -0.2) is 121 Å². The second-order valence-electron chi connectivity index (χ2n) is 10.8. The first-order valence-corrected chi connectivity index (χ1v) is 16.0. The molecule has 5 N–H and O–H groups in total. The molecular weight excluding hydrogens is 630 g/mol. The normalized spacial score (nSPS) is 12.1. The highest BCUT2D eigenvalue weighted by Crippen LogP contribution is 2.11. The zero-order valence-corrected chi connectivity index (χ0v) is 28.7. The molecule has 1 aromatic carbocycles. The molecule has 0 fully saturated rings. The summed E-state index contributed by atoms with van der Waals surface area (Å²) >= 11 is 0. The van der Waals surface area contributed by atoms with Gasteiger partial charge in [0.25, 0.3) is 0 Å². The highest BCUT2D eigenvalue weighted by Gasteiger charge is 2.27. The Morgan fingerprint density at radius 3 is 1.85 bits per heavy atom. The molecule has 0 aliphatic carbocycles. The van der Waals surface area contributed by atoms with E-state index in [1.807, 2.05) is 0 Å². The van der Waals surface area contributed by atoms with Crippen LogP contribution in [0.3, 0.4) is 0 Å². The first-order valence-electron chi connectivity index (χ1n) is 16.0. The number of benzene rings is 1. The van der Waals surface area contributed by atoms with Gasteiger partial charge in [-0.15, -0.1) is 0 Å². The minimum absolute atomic E-state index is 0.0210. The molecule has 0 aliphatic rings. The van der Waals surface area contributed by atoms with E-state index in [9.17, 15) is 24.0 Å². The maximum absolute atomic E-state index is 12.9. The fraction of sp³-hybridized carbons (Fsp3) is 0.656. The van der Waals surface area contributed by atoms with Gasteiger partial charge >= 0.3 is 6.09 Å². The van der Waals surface area contributed by atoms with Crippen LogP contribution < -0.4 is 26.6 Å². The quantitative estimate of drug-likeness (QED) is 0.0863. The van der Waals surface area contributed by atoms with Crippen LogP contribution >= 0.6 is 0 Å². The number of carbonyl (C=O) groups excluding carboxylic acids is 5. The van der Waals surface area contributed by atoms with Gasteiger partial charge < -0.3 is 55.0 Å². The van der Waals surface area contributed by atoms with E-state index in [0.29, 0.717) is 65.0 Å². The van der Waals surface area contributed by atoms with Crippen LogP contribution in [0.25, 0.3) is 0 Å². The Bertz CT molecular complexity index is 1090. The van der Waals surface area contributed by atoms with E-state index in [2.05, 4.69) is 26.6 Å². The molecule has 1 aromatic rings. The van der Waals surface area contributed by atoms with Crippen molar-refractivity contribution in [2.75, 3.05) is 85.0 Å². The highest BCUT2D eigenvalue weighted by molar-refractivity contribution is 5.98. The Morgan fingerprint density at radius 1 is 0.708 bits per heavy atom. The fourth-order valence-electron chi connectivity index (χ4n) is 3.80. The first kappa shape index (κ1) is 42.2. The van der Waals surface area contributed by atoms with E-state index in [4.69, 9.17) is 28.4 Å². The maximum Gasteiger partial charge on any atom is 0.407 e. The van der Waals surface area contributed by atoms with Crippen molar-refractivity contribution in [3.8, 4) is 0 Å². The van der Waals surface area contributed by atoms with Gasteiger partial charge in [0.05, 0.1) is 52.9 Å². The monoisotopic (exact) mass is 683 g/mol. The summed E-state index contributed by atoms with van der Waals surface area (Å²) < 4.78 is 31.4. The lowest BCUT2D eigenvalue weighted by atomic mass is 10.0. The minimum Gasteiger partial charge on any atom is -0.445 e. The number of rotatable bonds is 26. The van der Waals surface area contributed by atoms with Crippen molar-refractivity contribution in [2.45, 2.75) is 52.8 Å². The molecule has 16 nitrogen and oxygen atoms in total. The van der Waals surface area contributed by atoms with Crippen LogP contribution in [0.1, 0.15) is 39.7 Å². The van der Waals surface area contributed by atoms with Crippen molar-refractivity contribution in [3.05, 3.63) is 29.8 Å². The van der Waals surface area contributed by atoms with Crippen LogP contribution in [0.15, 0.2) is 24.3 Å². The number of carbonyl (C=O) groups is 5. The molecule has 0 aliphatic heterocycles. The van der Waals surface area contributed by atoms with Gasteiger partial charge in [-0.05, 0) is 37.5 Å². The second-order valence-corrected chi connectivity index (χ2v) is 10.8. The molecule has 0 aromatic heterocycles. The minimum atomic E-state index is -0.870. The van der Waals surface area contributed by atoms with E-state index in [1.54, 1.807) is 52.0 Å². The van der Waals surface area contributed by atoms with Crippen molar-refractivity contribution in [3.63, 3.8) is 0 Å². The zero-order chi connectivity index (χ0) is 35.6. The molecule has 0 unspecified atom stereocenters. The van der Waals surface area contributed by atoms with Crippen molar-refractivity contribution in [2.24, 2.45) is 5.92 Å². The van der Waals surface area contributed by atoms with Crippen LogP contribution in [-0.2, 0) is 54.2 Å². The van der Waals surface area contributed by atoms with Gasteiger partial charge in [0.1, 0.15) is 25.3 Å². The molecule has 2 atom stereocenters. The maximum atomic E-state index is 12.9. The number of nitrogens with one attached hydrogen (secondary N) is 5. The van der Waals surface area contributed by atoms with Gasteiger partial charge in [-0.25, -0.2) is 4.79 Å². The molecule has 0 saturated carbocycles. The Morgan fingerprint density at radius 2 is 1.29 bits per heavy atom. The average Bonchev–Trinajstić information content (AvgIpc) is 3.05. The molecule has 0 bridgehead atoms. The van der Waals surface area contributed by atoms with Crippen molar-refractivity contribution < 1.29 is 52.4 Å². The summed E-state index contributed by atoms with van der Waals surface area (Å²) in [4.78, 5) is 60.7. The molecule has 1 rings (SSSR count). The Balaban J connectivity index is 2.20. The molecule has 48 heavy (non-hydrogen) atoms. The topological polar surface area (TPSA) is 201 Å². The average molecular weight is 684 g/mol. The van der Waals surface area contributed by atoms with Gasteiger partial charge in [0.2, 0.25) is 23.6 Å². The predicted molar refractivity (Wildman–Crippen MR) is 176 cm³/mol. The zero-order valence-electron chi connectivity index (χ0n) is 28.7. The van der Waals surface area contributed by atoms with Crippen LogP contribution in [0, 0.1) is 5.92 Å². The largest absolute Gasteiger partial charge is 0.445 e. The van der Waals surface area contributed by atoms with Crippen LogP contribution in [0.5, 0.6) is 0 Å². The Hall–Kier alpha value is -3.83. The van der Waals surface area contributed by atoms with Crippen LogP contribution in [0.2, 0.25) is 0 Å². The summed E-state index contributed by atoms with van der Waals surface area (Å²) in [6.45, 7) is 10.6. The molecule has 0 radical (unpaired) electrons. The summed E-state index contributed by atoms with van der Waals surface area (Å²) in [5.41, 5.74) is 1.26. The molecule has 0 spiro atoms. The second kappa shape index (κ2) is 26.2. The molecule has 272 valence electrons. The molecule has 0 saturated heterocycles. The van der Waals surface area contributed by atoms with Crippen LogP contribution in [0.4, 0.5) is 10.5 Å². The number of hydrogen-bond donors (Lipinski definition) is 5. The number of amides is 5. The predicted octanol–water partition coefficient (Wildman–Crippen LogP) is 0.736. The Kier molecular flexibility index (Phi) is 23.0. The summed E-state index contributed by atoms with van der Waals surface area (Å²) in [5.74, 6) is -1.69. The summed E-state index contributed by atoms with van der Waals surface area (Å²) in [6.07, 6.45) is -0.459. The molecule has 5 amide bonds. The van der Waals surface area contributed by atoms with Gasteiger partial charge in [0.15, 0.2) is 0 Å². The smallest absolute Gasteiger partial charge is 0.407 e. The lowest BCUT2D eigenvalue weighted by Gasteiger charge is -2.24. The third kappa shape index (κ3) is 20.4. The van der Waals surface area contributed by atoms with Gasteiger partial charge in [-0.2, -0.15) is 0 Å². The third-order valence-electron chi connectivity index (χ3n) is 6.36. The molecular formula is C32H53N5O11. The van der Waals surface area contributed by atoms with Gasteiger partial charge in [-0.1, -0.05) is 26.0 Å². The Labute approximate surface area is 282 Å². The number of hydrogen-bond acceptors (Lipinski definition) is 11. The van der Waals surface area contributed by atoms with Gasteiger partial charge in [-0.3, -0.25) is 19.2 Å². The number of methoxy groups -OCH3 is 1.